The number of hydrogen-bond donors (Lipinski definition) is 1. The van der Waals surface area contributed by atoms with Crippen LogP contribution < -0.4 is 15.0 Å². The number of benzene rings is 1. The molecular formula is C15H15F2N3O. The number of ether oxygens (including phenoxy) is 1. The van der Waals surface area contributed by atoms with Crippen molar-refractivity contribution in [3.63, 3.8) is 0 Å². The van der Waals surface area contributed by atoms with Gasteiger partial charge in [-0.2, -0.15) is 0 Å². The number of halogens is 2. The third kappa shape index (κ3) is 2.61. The number of fused-ring (bicyclic) bond motifs is 1. The molecule has 2 aromatic rings. The van der Waals surface area contributed by atoms with Gasteiger partial charge in [0, 0.05) is 25.2 Å². The average molecular weight is 291 g/mol. The molecule has 0 spiro atoms. The zero-order chi connectivity index (χ0) is 14.8. The molecule has 0 unspecified atom stereocenters. The minimum absolute atomic E-state index is 0.0323. The van der Waals surface area contributed by atoms with Gasteiger partial charge in [-0.1, -0.05) is 18.2 Å². The van der Waals surface area contributed by atoms with Gasteiger partial charge in [-0.25, -0.2) is 13.8 Å². The number of rotatable bonds is 2. The van der Waals surface area contributed by atoms with Gasteiger partial charge < -0.3 is 15.0 Å². The van der Waals surface area contributed by atoms with Crippen molar-refractivity contribution in [2.45, 2.75) is 6.54 Å². The Labute approximate surface area is 121 Å². The van der Waals surface area contributed by atoms with E-state index in [1.807, 2.05) is 24.3 Å². The second kappa shape index (κ2) is 5.55. The molecule has 0 saturated carbocycles. The monoisotopic (exact) mass is 291 g/mol. The number of pyridine rings is 1. The van der Waals surface area contributed by atoms with E-state index >= 15 is 0 Å². The van der Waals surface area contributed by atoms with Crippen LogP contribution >= 0.6 is 0 Å². The summed E-state index contributed by atoms with van der Waals surface area (Å²) in [5.41, 5.74) is 0.950. The van der Waals surface area contributed by atoms with E-state index in [0.717, 1.165) is 17.4 Å². The molecule has 1 aromatic heterocycles. The second-order valence-electron chi connectivity index (χ2n) is 4.75. The molecular weight excluding hydrogens is 276 g/mol. The fourth-order valence-electron chi connectivity index (χ4n) is 2.36. The largest absolute Gasteiger partial charge is 0.491 e. The lowest BCUT2D eigenvalue weighted by Crippen LogP contribution is -2.27. The number of nitrogens with one attached hydrogen (secondary N) is 1. The molecule has 6 heteroatoms. The minimum Gasteiger partial charge on any atom is -0.491 e. The molecule has 3 rings (SSSR count). The lowest BCUT2D eigenvalue weighted by molar-refractivity contribution is 0.331. The Morgan fingerprint density at radius 2 is 2.05 bits per heavy atom. The Balaban J connectivity index is 1.97. The molecule has 0 saturated heterocycles. The first-order valence-corrected chi connectivity index (χ1v) is 6.68. The molecule has 1 aromatic carbocycles. The van der Waals surface area contributed by atoms with Gasteiger partial charge in [-0.05, 0) is 6.07 Å². The van der Waals surface area contributed by atoms with E-state index in [0.29, 0.717) is 19.7 Å². The maximum absolute atomic E-state index is 14.0. The van der Waals surface area contributed by atoms with Crippen molar-refractivity contribution in [1.29, 1.82) is 0 Å². The van der Waals surface area contributed by atoms with Crippen LogP contribution in [0.5, 0.6) is 5.75 Å². The van der Waals surface area contributed by atoms with Crippen LogP contribution in [0.2, 0.25) is 0 Å². The molecule has 0 fully saturated rings. The van der Waals surface area contributed by atoms with Gasteiger partial charge in [-0.15, -0.1) is 0 Å². The van der Waals surface area contributed by atoms with Crippen molar-refractivity contribution in [3.8, 4) is 5.75 Å². The summed E-state index contributed by atoms with van der Waals surface area (Å²) in [6, 6.07) is 8.45. The number of nitrogens with zero attached hydrogens (tertiary/aromatic N) is 2. The standard InChI is InChI=1S/C15H15F2N3O/c1-18-14-11(16)8-12(17)15(19-14)20-6-7-21-13-5-3-2-4-10(13)9-20/h2-5,8H,6-7,9H2,1H3,(H,18,19). The molecule has 0 aliphatic carbocycles. The van der Waals surface area contributed by atoms with Gasteiger partial charge in [-0.3, -0.25) is 0 Å². The van der Waals surface area contributed by atoms with Crippen molar-refractivity contribution in [1.82, 2.24) is 4.98 Å². The Morgan fingerprint density at radius 1 is 1.24 bits per heavy atom. The summed E-state index contributed by atoms with van der Waals surface area (Å²) in [6.07, 6.45) is 0. The van der Waals surface area contributed by atoms with Crippen molar-refractivity contribution < 1.29 is 13.5 Å². The Hall–Kier alpha value is -2.37. The van der Waals surface area contributed by atoms with E-state index in [4.69, 9.17) is 4.74 Å². The first-order valence-electron chi connectivity index (χ1n) is 6.68. The molecule has 0 bridgehead atoms. The number of aromatic nitrogens is 1. The lowest BCUT2D eigenvalue weighted by atomic mass is 10.2. The molecule has 110 valence electrons. The maximum Gasteiger partial charge on any atom is 0.168 e. The summed E-state index contributed by atoms with van der Waals surface area (Å²) in [5, 5.41) is 2.63. The van der Waals surface area contributed by atoms with E-state index in [2.05, 4.69) is 10.3 Å². The maximum atomic E-state index is 14.0. The van der Waals surface area contributed by atoms with Gasteiger partial charge in [0.25, 0.3) is 0 Å². The summed E-state index contributed by atoms with van der Waals surface area (Å²) in [4.78, 5) is 5.79. The predicted molar refractivity (Wildman–Crippen MR) is 76.7 cm³/mol. The van der Waals surface area contributed by atoms with E-state index in [-0.39, 0.29) is 11.6 Å². The summed E-state index contributed by atoms with van der Waals surface area (Å²) in [5.74, 6) is -0.432. The molecule has 1 aliphatic heterocycles. The molecule has 1 N–H and O–H groups in total. The normalized spacial score (nSPS) is 14.1. The molecule has 0 atom stereocenters. The average Bonchev–Trinajstić information content (AvgIpc) is 2.69. The van der Waals surface area contributed by atoms with Gasteiger partial charge in [0.1, 0.15) is 12.4 Å². The highest BCUT2D eigenvalue weighted by molar-refractivity contribution is 5.50. The molecule has 0 radical (unpaired) electrons. The summed E-state index contributed by atoms with van der Waals surface area (Å²) in [6.45, 7) is 1.37. The zero-order valence-corrected chi connectivity index (χ0v) is 11.6. The molecule has 1 aliphatic rings. The van der Waals surface area contributed by atoms with Crippen LogP contribution in [-0.4, -0.2) is 25.2 Å². The van der Waals surface area contributed by atoms with E-state index in [1.165, 1.54) is 0 Å². The zero-order valence-electron chi connectivity index (χ0n) is 11.6. The van der Waals surface area contributed by atoms with E-state index in [1.54, 1.807) is 11.9 Å². The van der Waals surface area contributed by atoms with Crippen LogP contribution in [0.25, 0.3) is 0 Å². The minimum atomic E-state index is -0.703. The SMILES string of the molecule is CNc1nc(N2CCOc3ccccc3C2)c(F)cc1F. The quantitative estimate of drug-likeness (QED) is 0.923. The molecule has 4 nitrogen and oxygen atoms in total. The topological polar surface area (TPSA) is 37.4 Å². The van der Waals surface area contributed by atoms with Crippen LogP contribution in [-0.2, 0) is 6.54 Å². The number of hydrogen-bond acceptors (Lipinski definition) is 4. The smallest absolute Gasteiger partial charge is 0.168 e. The first-order chi connectivity index (χ1) is 10.2. The predicted octanol–water partition coefficient (Wildman–Crippen LogP) is 2.80. The van der Waals surface area contributed by atoms with Crippen LogP contribution in [0, 0.1) is 11.6 Å². The van der Waals surface area contributed by atoms with Crippen LogP contribution in [0.15, 0.2) is 30.3 Å². The van der Waals surface area contributed by atoms with Gasteiger partial charge in [0.15, 0.2) is 23.3 Å². The number of anilines is 2. The van der Waals surface area contributed by atoms with Crippen LogP contribution in [0.3, 0.4) is 0 Å². The van der Waals surface area contributed by atoms with Crippen molar-refractivity contribution in [2.75, 3.05) is 30.4 Å². The highest BCUT2D eigenvalue weighted by Crippen LogP contribution is 2.28. The molecule has 0 amide bonds. The highest BCUT2D eigenvalue weighted by Gasteiger charge is 2.21. The fraction of sp³-hybridized carbons (Fsp3) is 0.267. The summed E-state index contributed by atoms with van der Waals surface area (Å²) >= 11 is 0. The lowest BCUT2D eigenvalue weighted by Gasteiger charge is -2.22. The van der Waals surface area contributed by atoms with Crippen molar-refractivity contribution in [3.05, 3.63) is 47.5 Å². The third-order valence-corrected chi connectivity index (χ3v) is 3.40. The van der Waals surface area contributed by atoms with Gasteiger partial charge >= 0.3 is 0 Å². The highest BCUT2D eigenvalue weighted by atomic mass is 19.1. The van der Waals surface area contributed by atoms with Gasteiger partial charge in [0.05, 0.1) is 6.54 Å². The Kier molecular flexibility index (Phi) is 3.60. The molecule has 21 heavy (non-hydrogen) atoms. The number of para-hydroxylation sites is 1. The van der Waals surface area contributed by atoms with Gasteiger partial charge in [0.2, 0.25) is 0 Å². The Morgan fingerprint density at radius 3 is 2.86 bits per heavy atom. The fourth-order valence-corrected chi connectivity index (χ4v) is 2.36. The summed E-state index contributed by atoms with van der Waals surface area (Å²) < 4.78 is 33.2. The third-order valence-electron chi connectivity index (χ3n) is 3.40. The van der Waals surface area contributed by atoms with Crippen molar-refractivity contribution >= 4 is 11.6 Å². The second-order valence-corrected chi connectivity index (χ2v) is 4.75. The Bertz CT molecular complexity index is 663. The van der Waals surface area contributed by atoms with Crippen LogP contribution in [0.4, 0.5) is 20.4 Å². The van der Waals surface area contributed by atoms with Crippen molar-refractivity contribution in [2.24, 2.45) is 0 Å². The van der Waals surface area contributed by atoms with E-state index < -0.39 is 11.6 Å². The summed E-state index contributed by atoms with van der Waals surface area (Å²) in [7, 11) is 1.55. The molecule has 2 heterocycles. The van der Waals surface area contributed by atoms with Crippen LogP contribution in [0.1, 0.15) is 5.56 Å². The van der Waals surface area contributed by atoms with E-state index in [9.17, 15) is 8.78 Å². The first kappa shape index (κ1) is 13.6.